The highest BCUT2D eigenvalue weighted by atomic mass is 16.5. The highest BCUT2D eigenvalue weighted by Crippen LogP contribution is 2.58. The minimum absolute atomic E-state index is 0.113. The first kappa shape index (κ1) is 13.1. The van der Waals surface area contributed by atoms with Gasteiger partial charge in [-0.3, -0.25) is 4.79 Å². The molecule has 2 heterocycles. The maximum atomic E-state index is 12.6. The van der Waals surface area contributed by atoms with E-state index in [-0.39, 0.29) is 17.9 Å². The van der Waals surface area contributed by atoms with Crippen LogP contribution in [0.2, 0.25) is 0 Å². The maximum absolute atomic E-state index is 12.6. The fourth-order valence-electron chi connectivity index (χ4n) is 3.96. The van der Waals surface area contributed by atoms with Gasteiger partial charge >= 0.3 is 0 Å². The number of amides is 1. The largest absolute Gasteiger partial charge is 0.493 e. The number of hydrogen-bond donors (Lipinski definition) is 2. The summed E-state index contributed by atoms with van der Waals surface area (Å²) in [6.45, 7) is 2.80. The quantitative estimate of drug-likeness (QED) is 0.874. The van der Waals surface area contributed by atoms with Crippen molar-refractivity contribution in [2.75, 3.05) is 19.7 Å². The molecule has 2 unspecified atom stereocenters. The summed E-state index contributed by atoms with van der Waals surface area (Å²) >= 11 is 0. The fraction of sp³-hybridized carbons (Fsp3) is 0.588. The Morgan fingerprint density at radius 2 is 2.10 bits per heavy atom. The second-order valence-corrected chi connectivity index (χ2v) is 6.61. The monoisotopic (exact) mass is 286 g/mol. The zero-order valence-corrected chi connectivity index (χ0v) is 12.2. The average molecular weight is 286 g/mol. The Morgan fingerprint density at radius 1 is 1.29 bits per heavy atom. The van der Waals surface area contributed by atoms with Gasteiger partial charge in [0.25, 0.3) is 0 Å². The van der Waals surface area contributed by atoms with Gasteiger partial charge in [0.1, 0.15) is 5.75 Å². The summed E-state index contributed by atoms with van der Waals surface area (Å²) in [6, 6.07) is 8.15. The van der Waals surface area contributed by atoms with E-state index in [4.69, 9.17) is 4.74 Å². The standard InChI is InChI=1S/C17H22N2O2/c20-16(13-11-17(13)6-8-18-9-7-17)19-14-5-10-21-15-4-2-1-3-12(14)15/h1-4,13-14,18H,5-11H2,(H,19,20). The molecule has 4 nitrogen and oxygen atoms in total. The van der Waals surface area contributed by atoms with Gasteiger partial charge in [-0.05, 0) is 43.8 Å². The number of nitrogens with one attached hydrogen (secondary N) is 2. The molecule has 1 saturated heterocycles. The van der Waals surface area contributed by atoms with E-state index >= 15 is 0 Å². The molecule has 2 aliphatic heterocycles. The second-order valence-electron chi connectivity index (χ2n) is 6.61. The lowest BCUT2D eigenvalue weighted by Gasteiger charge is -2.28. The zero-order chi connectivity index (χ0) is 14.3. The van der Waals surface area contributed by atoms with Crippen LogP contribution < -0.4 is 15.4 Å². The zero-order valence-electron chi connectivity index (χ0n) is 12.2. The lowest BCUT2D eigenvalue weighted by Crippen LogP contribution is -2.36. The summed E-state index contributed by atoms with van der Waals surface area (Å²) in [5.74, 6) is 1.40. The van der Waals surface area contributed by atoms with Crippen LogP contribution in [0.25, 0.3) is 0 Å². The molecule has 112 valence electrons. The van der Waals surface area contributed by atoms with Crippen LogP contribution >= 0.6 is 0 Å². The number of hydrogen-bond acceptors (Lipinski definition) is 3. The highest BCUT2D eigenvalue weighted by molar-refractivity contribution is 5.83. The van der Waals surface area contributed by atoms with E-state index in [1.165, 1.54) is 0 Å². The molecule has 0 aromatic heterocycles. The van der Waals surface area contributed by atoms with Gasteiger partial charge in [0, 0.05) is 17.9 Å². The van der Waals surface area contributed by atoms with Crippen molar-refractivity contribution in [1.82, 2.24) is 10.6 Å². The van der Waals surface area contributed by atoms with Crippen LogP contribution in [-0.4, -0.2) is 25.6 Å². The molecule has 2 fully saturated rings. The number of piperidine rings is 1. The number of rotatable bonds is 2. The first-order valence-corrected chi connectivity index (χ1v) is 8.01. The minimum Gasteiger partial charge on any atom is -0.493 e. The maximum Gasteiger partial charge on any atom is 0.224 e. The number of ether oxygens (including phenoxy) is 1. The molecule has 21 heavy (non-hydrogen) atoms. The van der Waals surface area contributed by atoms with Crippen LogP contribution in [0.5, 0.6) is 5.75 Å². The van der Waals surface area contributed by atoms with Crippen LogP contribution in [0.4, 0.5) is 0 Å². The minimum atomic E-state index is 0.113. The smallest absolute Gasteiger partial charge is 0.224 e. The van der Waals surface area contributed by atoms with Crippen LogP contribution in [0.3, 0.4) is 0 Å². The highest BCUT2D eigenvalue weighted by Gasteiger charge is 2.57. The average Bonchev–Trinajstić information content (AvgIpc) is 3.22. The number of carbonyl (C=O) groups is 1. The lowest BCUT2D eigenvalue weighted by molar-refractivity contribution is -0.124. The molecular formula is C17H22N2O2. The molecular weight excluding hydrogens is 264 g/mol. The molecule has 4 heteroatoms. The molecule has 1 amide bonds. The topological polar surface area (TPSA) is 50.4 Å². The summed E-state index contributed by atoms with van der Waals surface area (Å²) in [6.07, 6.45) is 4.24. The lowest BCUT2D eigenvalue weighted by atomic mass is 9.91. The molecule has 4 rings (SSSR count). The number of carbonyl (C=O) groups excluding carboxylic acids is 1. The molecule has 1 saturated carbocycles. The molecule has 0 radical (unpaired) electrons. The Bertz CT molecular complexity index is 551. The molecule has 1 aliphatic carbocycles. The van der Waals surface area contributed by atoms with Gasteiger partial charge in [-0.1, -0.05) is 18.2 Å². The van der Waals surface area contributed by atoms with Gasteiger partial charge in [-0.15, -0.1) is 0 Å². The fourth-order valence-corrected chi connectivity index (χ4v) is 3.96. The predicted molar refractivity (Wildman–Crippen MR) is 80.1 cm³/mol. The van der Waals surface area contributed by atoms with Crippen molar-refractivity contribution >= 4 is 5.91 Å². The van der Waals surface area contributed by atoms with Gasteiger partial charge in [0.2, 0.25) is 5.91 Å². The van der Waals surface area contributed by atoms with Crippen molar-refractivity contribution in [3.8, 4) is 5.75 Å². The van der Waals surface area contributed by atoms with Gasteiger partial charge in [0.15, 0.2) is 0 Å². The SMILES string of the molecule is O=C(NC1CCOc2ccccc21)C1CC12CCNCC2. The first-order valence-electron chi connectivity index (χ1n) is 8.01. The number of para-hydroxylation sites is 1. The summed E-state index contributed by atoms with van der Waals surface area (Å²) in [4.78, 5) is 12.6. The Kier molecular flexibility index (Phi) is 3.14. The first-order chi connectivity index (χ1) is 10.3. The van der Waals surface area contributed by atoms with Crippen LogP contribution in [0, 0.1) is 11.3 Å². The molecule has 1 spiro atoms. The van der Waals surface area contributed by atoms with Crippen molar-refractivity contribution in [2.24, 2.45) is 11.3 Å². The van der Waals surface area contributed by atoms with Crippen molar-refractivity contribution in [3.05, 3.63) is 29.8 Å². The third-order valence-corrected chi connectivity index (χ3v) is 5.38. The molecule has 1 aromatic carbocycles. The second kappa shape index (κ2) is 5.02. The number of benzene rings is 1. The van der Waals surface area contributed by atoms with E-state index in [9.17, 15) is 4.79 Å². The van der Waals surface area contributed by atoms with E-state index in [2.05, 4.69) is 16.7 Å². The molecule has 2 N–H and O–H groups in total. The van der Waals surface area contributed by atoms with E-state index in [0.717, 1.165) is 50.1 Å². The Hall–Kier alpha value is -1.55. The molecule has 3 aliphatic rings. The van der Waals surface area contributed by atoms with E-state index in [0.29, 0.717) is 12.0 Å². The van der Waals surface area contributed by atoms with Gasteiger partial charge in [0.05, 0.1) is 12.6 Å². The van der Waals surface area contributed by atoms with Crippen LogP contribution in [0.15, 0.2) is 24.3 Å². The molecule has 2 atom stereocenters. The summed E-state index contributed by atoms with van der Waals surface area (Å²) in [7, 11) is 0. The normalized spacial score (nSPS) is 29.3. The van der Waals surface area contributed by atoms with Crippen LogP contribution in [0.1, 0.15) is 37.3 Å². The van der Waals surface area contributed by atoms with E-state index in [1.54, 1.807) is 0 Å². The van der Waals surface area contributed by atoms with Crippen LogP contribution in [-0.2, 0) is 4.79 Å². The number of fused-ring (bicyclic) bond motifs is 1. The Morgan fingerprint density at radius 3 is 2.95 bits per heavy atom. The van der Waals surface area contributed by atoms with Gasteiger partial charge < -0.3 is 15.4 Å². The third-order valence-electron chi connectivity index (χ3n) is 5.38. The Balaban J connectivity index is 1.44. The van der Waals surface area contributed by atoms with Crippen molar-refractivity contribution in [2.45, 2.75) is 31.7 Å². The summed E-state index contributed by atoms with van der Waals surface area (Å²) in [5.41, 5.74) is 1.43. The van der Waals surface area contributed by atoms with Crippen molar-refractivity contribution in [1.29, 1.82) is 0 Å². The predicted octanol–water partition coefficient (Wildman–Crippen LogP) is 2.02. The van der Waals surface area contributed by atoms with E-state index in [1.807, 2.05) is 18.2 Å². The summed E-state index contributed by atoms with van der Waals surface area (Å²) < 4.78 is 5.66. The Labute approximate surface area is 125 Å². The molecule has 1 aromatic rings. The van der Waals surface area contributed by atoms with E-state index < -0.39 is 0 Å². The summed E-state index contributed by atoms with van der Waals surface area (Å²) in [5, 5.41) is 6.66. The van der Waals surface area contributed by atoms with Gasteiger partial charge in [-0.25, -0.2) is 0 Å². The molecule has 0 bridgehead atoms. The van der Waals surface area contributed by atoms with Crippen molar-refractivity contribution < 1.29 is 9.53 Å². The third kappa shape index (κ3) is 2.31. The van der Waals surface area contributed by atoms with Gasteiger partial charge in [-0.2, -0.15) is 0 Å². The van der Waals surface area contributed by atoms with Crippen molar-refractivity contribution in [3.63, 3.8) is 0 Å².